The molecule has 14 heavy (non-hydrogen) atoms. The highest BCUT2D eigenvalue weighted by molar-refractivity contribution is 7.08. The van der Waals surface area contributed by atoms with Gasteiger partial charge in [0, 0.05) is 6.04 Å². The number of aromatic nitrogens is 2. The van der Waals surface area contributed by atoms with E-state index in [1.807, 2.05) is 0 Å². The fourth-order valence-corrected chi connectivity index (χ4v) is 2.16. The lowest BCUT2D eigenvalue weighted by Gasteiger charge is -2.10. The minimum atomic E-state index is -0.135. The molecular weight excluding hydrogens is 200 g/mol. The third-order valence-electron chi connectivity index (χ3n) is 2.41. The Bertz CT molecular complexity index is 332. The van der Waals surface area contributed by atoms with Crippen molar-refractivity contribution in [3.8, 4) is 0 Å². The number of hydrogen-bond donors (Lipinski definition) is 2. The van der Waals surface area contributed by atoms with Crippen LogP contribution in [0.3, 0.4) is 0 Å². The maximum atomic E-state index is 11.6. The van der Waals surface area contributed by atoms with Crippen LogP contribution in [-0.2, 0) is 0 Å². The Hall–Kier alpha value is -1.17. The van der Waals surface area contributed by atoms with Gasteiger partial charge in [0.2, 0.25) is 0 Å². The van der Waals surface area contributed by atoms with Crippen LogP contribution in [0.5, 0.6) is 0 Å². The minimum absolute atomic E-state index is 0.135. The average Bonchev–Trinajstić information content (AvgIpc) is 2.75. The molecule has 0 aromatic carbocycles. The molecule has 2 rings (SSSR count). The summed E-state index contributed by atoms with van der Waals surface area (Å²) in [5.41, 5.74) is 5.49. The highest BCUT2D eigenvalue weighted by Crippen LogP contribution is 2.19. The molecule has 3 N–H and O–H groups in total. The first-order valence-electron chi connectivity index (χ1n) is 4.66. The minimum Gasteiger partial charge on any atom is -0.381 e. The van der Waals surface area contributed by atoms with Gasteiger partial charge < -0.3 is 11.1 Å². The molecule has 1 heterocycles. The van der Waals surface area contributed by atoms with Crippen LogP contribution in [0.2, 0.25) is 0 Å². The van der Waals surface area contributed by atoms with Gasteiger partial charge in [0.05, 0.1) is 0 Å². The van der Waals surface area contributed by atoms with Gasteiger partial charge in [-0.15, -0.1) is 5.10 Å². The number of carbonyl (C=O) groups is 1. The molecule has 1 aromatic rings. The summed E-state index contributed by atoms with van der Waals surface area (Å²) in [6, 6.07) is 0.309. The first-order valence-corrected chi connectivity index (χ1v) is 5.43. The summed E-state index contributed by atoms with van der Waals surface area (Å²) in [6.45, 7) is 0. The van der Waals surface area contributed by atoms with Crippen molar-refractivity contribution in [2.45, 2.75) is 31.7 Å². The Labute approximate surface area is 85.9 Å². The van der Waals surface area contributed by atoms with E-state index in [1.165, 1.54) is 12.8 Å². The van der Waals surface area contributed by atoms with Crippen molar-refractivity contribution in [3.63, 3.8) is 0 Å². The van der Waals surface area contributed by atoms with E-state index in [2.05, 4.69) is 14.9 Å². The standard InChI is InChI=1S/C8H12N4OS/c9-7-6(14-12-11-7)8(13)10-5-3-1-2-4-5/h5H,1-4,9H2,(H,10,13). The van der Waals surface area contributed by atoms with Crippen LogP contribution in [0.25, 0.3) is 0 Å². The summed E-state index contributed by atoms with van der Waals surface area (Å²) in [5, 5.41) is 6.53. The van der Waals surface area contributed by atoms with Crippen molar-refractivity contribution < 1.29 is 4.79 Å². The molecule has 5 nitrogen and oxygen atoms in total. The number of carbonyl (C=O) groups excluding carboxylic acids is 1. The molecule has 1 aliphatic rings. The number of nitrogens with two attached hydrogens (primary N) is 1. The molecule has 1 saturated carbocycles. The molecule has 0 unspecified atom stereocenters. The predicted octanol–water partition coefficient (Wildman–Crippen LogP) is 0.793. The molecule has 6 heteroatoms. The van der Waals surface area contributed by atoms with E-state index in [-0.39, 0.29) is 11.7 Å². The maximum absolute atomic E-state index is 11.6. The molecule has 0 bridgehead atoms. The highest BCUT2D eigenvalue weighted by Gasteiger charge is 2.20. The fraction of sp³-hybridized carbons (Fsp3) is 0.625. The van der Waals surface area contributed by atoms with Crippen molar-refractivity contribution in [2.75, 3.05) is 5.73 Å². The third-order valence-corrected chi connectivity index (χ3v) is 3.15. The Morgan fingerprint density at radius 1 is 1.50 bits per heavy atom. The quantitative estimate of drug-likeness (QED) is 0.759. The molecule has 1 aromatic heterocycles. The van der Waals surface area contributed by atoms with Crippen molar-refractivity contribution >= 4 is 23.3 Å². The van der Waals surface area contributed by atoms with Gasteiger partial charge in [-0.05, 0) is 24.4 Å². The lowest BCUT2D eigenvalue weighted by Crippen LogP contribution is -2.32. The van der Waals surface area contributed by atoms with Crippen LogP contribution < -0.4 is 11.1 Å². The number of rotatable bonds is 2. The van der Waals surface area contributed by atoms with Gasteiger partial charge in [-0.2, -0.15) is 0 Å². The first-order chi connectivity index (χ1) is 6.77. The lowest BCUT2D eigenvalue weighted by molar-refractivity contribution is 0.0942. The molecule has 0 atom stereocenters. The number of nitrogens with zero attached hydrogens (tertiary/aromatic N) is 2. The van der Waals surface area contributed by atoms with Crippen molar-refractivity contribution in [1.82, 2.24) is 14.9 Å². The van der Waals surface area contributed by atoms with E-state index < -0.39 is 0 Å². The second-order valence-electron chi connectivity index (χ2n) is 3.44. The third kappa shape index (κ3) is 1.84. The lowest BCUT2D eigenvalue weighted by atomic mass is 10.2. The van der Waals surface area contributed by atoms with Gasteiger partial charge in [-0.1, -0.05) is 17.3 Å². The molecule has 0 radical (unpaired) electrons. The van der Waals surface area contributed by atoms with Crippen LogP contribution in [0, 0.1) is 0 Å². The smallest absolute Gasteiger partial charge is 0.267 e. The molecule has 0 aliphatic heterocycles. The summed E-state index contributed by atoms with van der Waals surface area (Å²) in [7, 11) is 0. The van der Waals surface area contributed by atoms with Crippen molar-refractivity contribution in [2.24, 2.45) is 0 Å². The SMILES string of the molecule is Nc1nnsc1C(=O)NC1CCCC1. The summed E-state index contributed by atoms with van der Waals surface area (Å²) in [5.74, 6) is 0.0925. The van der Waals surface area contributed by atoms with Gasteiger partial charge in [0.1, 0.15) is 0 Å². The number of amides is 1. The highest BCUT2D eigenvalue weighted by atomic mass is 32.1. The van der Waals surface area contributed by atoms with Crippen LogP contribution in [0.4, 0.5) is 5.82 Å². The van der Waals surface area contributed by atoms with Gasteiger partial charge in [-0.25, -0.2) is 0 Å². The second kappa shape index (κ2) is 3.91. The monoisotopic (exact) mass is 212 g/mol. The zero-order chi connectivity index (χ0) is 9.97. The summed E-state index contributed by atoms with van der Waals surface area (Å²) in [6.07, 6.45) is 4.53. The Balaban J connectivity index is 1.98. The number of anilines is 1. The van der Waals surface area contributed by atoms with Crippen LogP contribution >= 0.6 is 11.5 Å². The Morgan fingerprint density at radius 3 is 2.79 bits per heavy atom. The number of nitrogen functional groups attached to an aromatic ring is 1. The fourth-order valence-electron chi connectivity index (χ4n) is 1.68. The number of hydrogen-bond acceptors (Lipinski definition) is 5. The average molecular weight is 212 g/mol. The van der Waals surface area contributed by atoms with E-state index in [0.29, 0.717) is 10.9 Å². The molecule has 1 amide bonds. The molecule has 1 fully saturated rings. The molecular formula is C8H12N4OS. The summed E-state index contributed by atoms with van der Waals surface area (Å²) >= 11 is 1.04. The zero-order valence-corrected chi connectivity index (χ0v) is 8.51. The zero-order valence-electron chi connectivity index (χ0n) is 7.69. The van der Waals surface area contributed by atoms with Crippen molar-refractivity contribution in [3.05, 3.63) is 4.88 Å². The van der Waals surface area contributed by atoms with E-state index in [4.69, 9.17) is 5.73 Å². The molecule has 1 aliphatic carbocycles. The molecule has 0 spiro atoms. The van der Waals surface area contributed by atoms with Gasteiger partial charge in [0.25, 0.3) is 5.91 Å². The van der Waals surface area contributed by atoms with Gasteiger partial charge >= 0.3 is 0 Å². The number of nitrogens with one attached hydrogen (secondary N) is 1. The molecule has 76 valence electrons. The topological polar surface area (TPSA) is 80.9 Å². The largest absolute Gasteiger partial charge is 0.381 e. The van der Waals surface area contributed by atoms with E-state index in [1.54, 1.807) is 0 Å². The maximum Gasteiger partial charge on any atom is 0.267 e. The normalized spacial score (nSPS) is 17.1. The molecule has 0 saturated heterocycles. The Kier molecular flexibility index (Phi) is 2.62. The summed E-state index contributed by atoms with van der Waals surface area (Å²) in [4.78, 5) is 12.0. The van der Waals surface area contributed by atoms with E-state index in [9.17, 15) is 4.79 Å². The first kappa shape index (κ1) is 9.39. The van der Waals surface area contributed by atoms with E-state index in [0.717, 1.165) is 24.4 Å². The predicted molar refractivity (Wildman–Crippen MR) is 54.0 cm³/mol. The van der Waals surface area contributed by atoms with Gasteiger partial charge in [-0.3, -0.25) is 4.79 Å². The van der Waals surface area contributed by atoms with Crippen molar-refractivity contribution in [1.29, 1.82) is 0 Å². The van der Waals surface area contributed by atoms with Gasteiger partial charge in [0.15, 0.2) is 10.7 Å². The Morgan fingerprint density at radius 2 is 2.21 bits per heavy atom. The second-order valence-corrected chi connectivity index (χ2v) is 4.20. The van der Waals surface area contributed by atoms with E-state index >= 15 is 0 Å². The van der Waals surface area contributed by atoms with Crippen LogP contribution in [0.15, 0.2) is 0 Å². The van der Waals surface area contributed by atoms with Crippen LogP contribution in [-0.4, -0.2) is 21.5 Å². The summed E-state index contributed by atoms with van der Waals surface area (Å²) < 4.78 is 3.62. The van der Waals surface area contributed by atoms with Crippen LogP contribution in [0.1, 0.15) is 35.4 Å².